The lowest BCUT2D eigenvalue weighted by atomic mass is 9.91. The van der Waals surface area contributed by atoms with Crippen LogP contribution in [0.1, 0.15) is 50.3 Å². The van der Waals surface area contributed by atoms with Crippen LogP contribution in [0.5, 0.6) is 0 Å². The Morgan fingerprint density at radius 1 is 1.33 bits per heavy atom. The van der Waals surface area contributed by atoms with Crippen molar-refractivity contribution in [3.63, 3.8) is 0 Å². The van der Waals surface area contributed by atoms with Crippen LogP contribution in [0.4, 0.5) is 0 Å². The highest BCUT2D eigenvalue weighted by Gasteiger charge is 2.27. The topological polar surface area (TPSA) is 30.5 Å². The van der Waals surface area contributed by atoms with E-state index in [-0.39, 0.29) is 12.2 Å². The fourth-order valence-corrected chi connectivity index (χ4v) is 3.26. The molecule has 0 fully saturated rings. The third-order valence-electron chi connectivity index (χ3n) is 4.33. The average molecular weight is 291 g/mol. The Morgan fingerprint density at radius 2 is 2.14 bits per heavy atom. The minimum absolute atomic E-state index is 0.187. The second-order valence-electron chi connectivity index (χ2n) is 5.72. The van der Waals surface area contributed by atoms with Crippen molar-refractivity contribution in [2.75, 3.05) is 20.3 Å². The lowest BCUT2D eigenvalue weighted by Gasteiger charge is -2.33. The number of likely N-dealkylation sites (N-methyl/N-ethyl adjacent to an activating group) is 1. The number of ether oxygens (including phenoxy) is 2. The molecule has 0 aliphatic carbocycles. The molecule has 1 N–H and O–H groups in total. The molecule has 118 valence electrons. The molecule has 0 saturated heterocycles. The van der Waals surface area contributed by atoms with Gasteiger partial charge in [0.05, 0.1) is 18.8 Å². The standard InChI is InChI=1S/C18H29NO2/c1-4-8-17(20-5-2)16(19-3)13-18-15-10-7-6-9-14(15)11-12-21-18/h6-7,9-10,16-19H,4-5,8,11-13H2,1-3H3. The van der Waals surface area contributed by atoms with Gasteiger partial charge in [-0.25, -0.2) is 0 Å². The normalized spacial score (nSPS) is 20.8. The summed E-state index contributed by atoms with van der Waals surface area (Å²) in [5.74, 6) is 0. The van der Waals surface area contributed by atoms with E-state index < -0.39 is 0 Å². The van der Waals surface area contributed by atoms with E-state index in [1.807, 2.05) is 7.05 Å². The van der Waals surface area contributed by atoms with E-state index in [1.165, 1.54) is 11.1 Å². The number of benzene rings is 1. The zero-order valence-electron chi connectivity index (χ0n) is 13.6. The molecule has 0 amide bonds. The minimum Gasteiger partial charge on any atom is -0.377 e. The molecule has 3 unspecified atom stereocenters. The minimum atomic E-state index is 0.187. The summed E-state index contributed by atoms with van der Waals surface area (Å²) in [4.78, 5) is 0. The quantitative estimate of drug-likeness (QED) is 0.795. The van der Waals surface area contributed by atoms with Gasteiger partial charge in [-0.15, -0.1) is 0 Å². The highest BCUT2D eigenvalue weighted by Crippen LogP contribution is 2.31. The van der Waals surface area contributed by atoms with Gasteiger partial charge in [0.25, 0.3) is 0 Å². The number of fused-ring (bicyclic) bond motifs is 1. The maximum Gasteiger partial charge on any atom is 0.0843 e. The van der Waals surface area contributed by atoms with E-state index >= 15 is 0 Å². The Bertz CT molecular complexity index is 415. The van der Waals surface area contributed by atoms with Crippen molar-refractivity contribution in [3.8, 4) is 0 Å². The van der Waals surface area contributed by atoms with E-state index in [4.69, 9.17) is 9.47 Å². The van der Waals surface area contributed by atoms with Crippen LogP contribution in [-0.2, 0) is 15.9 Å². The summed E-state index contributed by atoms with van der Waals surface area (Å²) in [6, 6.07) is 9.01. The number of hydrogen-bond donors (Lipinski definition) is 1. The Balaban J connectivity index is 2.08. The van der Waals surface area contributed by atoms with E-state index in [2.05, 4.69) is 43.4 Å². The molecule has 3 heteroatoms. The fraction of sp³-hybridized carbons (Fsp3) is 0.667. The van der Waals surface area contributed by atoms with Crippen molar-refractivity contribution in [2.45, 2.75) is 57.8 Å². The molecule has 2 rings (SSSR count). The predicted molar refractivity (Wildman–Crippen MR) is 86.6 cm³/mol. The van der Waals surface area contributed by atoms with Crippen molar-refractivity contribution in [1.82, 2.24) is 5.32 Å². The molecule has 0 aromatic heterocycles. The molecule has 21 heavy (non-hydrogen) atoms. The highest BCUT2D eigenvalue weighted by molar-refractivity contribution is 5.31. The summed E-state index contributed by atoms with van der Waals surface area (Å²) in [6.07, 6.45) is 4.69. The Labute approximate surface area is 129 Å². The average Bonchev–Trinajstić information content (AvgIpc) is 2.52. The zero-order valence-corrected chi connectivity index (χ0v) is 13.6. The second-order valence-corrected chi connectivity index (χ2v) is 5.72. The first-order valence-electron chi connectivity index (χ1n) is 8.28. The Kier molecular flexibility index (Phi) is 6.68. The molecular weight excluding hydrogens is 262 g/mol. The van der Waals surface area contributed by atoms with Gasteiger partial charge in [0.1, 0.15) is 0 Å². The molecule has 1 aliphatic heterocycles. The lowest BCUT2D eigenvalue weighted by molar-refractivity contribution is -0.0112. The first-order chi connectivity index (χ1) is 10.3. The van der Waals surface area contributed by atoms with Gasteiger partial charge in [0, 0.05) is 12.6 Å². The van der Waals surface area contributed by atoms with Crippen LogP contribution < -0.4 is 5.32 Å². The van der Waals surface area contributed by atoms with Gasteiger partial charge in [0.2, 0.25) is 0 Å². The number of hydrogen-bond acceptors (Lipinski definition) is 3. The molecule has 0 radical (unpaired) electrons. The SMILES string of the molecule is CCCC(OCC)C(CC1OCCc2ccccc21)NC. The van der Waals surface area contributed by atoms with Gasteiger partial charge < -0.3 is 14.8 Å². The predicted octanol–water partition coefficient (Wildman–Crippen LogP) is 3.48. The molecule has 3 nitrogen and oxygen atoms in total. The van der Waals surface area contributed by atoms with E-state index in [0.29, 0.717) is 6.04 Å². The molecule has 1 heterocycles. The molecule has 0 saturated carbocycles. The summed E-state index contributed by atoms with van der Waals surface area (Å²) >= 11 is 0. The molecular formula is C18H29NO2. The van der Waals surface area contributed by atoms with Crippen LogP contribution in [0.25, 0.3) is 0 Å². The highest BCUT2D eigenvalue weighted by atomic mass is 16.5. The molecule has 1 aromatic carbocycles. The van der Waals surface area contributed by atoms with Crippen LogP contribution in [0.3, 0.4) is 0 Å². The van der Waals surface area contributed by atoms with E-state index in [9.17, 15) is 0 Å². The van der Waals surface area contributed by atoms with Crippen molar-refractivity contribution < 1.29 is 9.47 Å². The third-order valence-corrected chi connectivity index (χ3v) is 4.33. The zero-order chi connectivity index (χ0) is 15.1. The van der Waals surface area contributed by atoms with Crippen LogP contribution in [0.2, 0.25) is 0 Å². The molecule has 0 spiro atoms. The summed E-state index contributed by atoms with van der Waals surface area (Å²) in [6.45, 7) is 5.88. The van der Waals surface area contributed by atoms with Crippen molar-refractivity contribution in [3.05, 3.63) is 35.4 Å². The first-order valence-corrected chi connectivity index (χ1v) is 8.28. The maximum atomic E-state index is 6.05. The summed E-state index contributed by atoms with van der Waals surface area (Å²) in [5.41, 5.74) is 2.79. The smallest absolute Gasteiger partial charge is 0.0843 e. The Hall–Kier alpha value is -0.900. The fourth-order valence-electron chi connectivity index (χ4n) is 3.26. The van der Waals surface area contributed by atoms with Crippen LogP contribution in [0.15, 0.2) is 24.3 Å². The number of nitrogens with one attached hydrogen (secondary N) is 1. The summed E-state index contributed by atoms with van der Waals surface area (Å²) in [7, 11) is 2.03. The van der Waals surface area contributed by atoms with Crippen LogP contribution >= 0.6 is 0 Å². The maximum absolute atomic E-state index is 6.05. The van der Waals surface area contributed by atoms with Gasteiger partial charge in [-0.05, 0) is 44.4 Å². The van der Waals surface area contributed by atoms with Gasteiger partial charge in [0.15, 0.2) is 0 Å². The molecule has 1 aromatic rings. The third kappa shape index (κ3) is 4.29. The first kappa shape index (κ1) is 16.5. The van der Waals surface area contributed by atoms with Crippen LogP contribution in [0, 0.1) is 0 Å². The molecule has 1 aliphatic rings. The monoisotopic (exact) mass is 291 g/mol. The largest absolute Gasteiger partial charge is 0.377 e. The summed E-state index contributed by atoms with van der Waals surface area (Å²) < 4.78 is 12.0. The van der Waals surface area contributed by atoms with Gasteiger partial charge in [-0.3, -0.25) is 0 Å². The number of rotatable bonds is 8. The van der Waals surface area contributed by atoms with Gasteiger partial charge in [-0.2, -0.15) is 0 Å². The van der Waals surface area contributed by atoms with Crippen molar-refractivity contribution in [1.29, 1.82) is 0 Å². The van der Waals surface area contributed by atoms with Gasteiger partial charge >= 0.3 is 0 Å². The van der Waals surface area contributed by atoms with Crippen LogP contribution in [-0.4, -0.2) is 32.4 Å². The van der Waals surface area contributed by atoms with Crippen molar-refractivity contribution in [2.24, 2.45) is 0 Å². The van der Waals surface area contributed by atoms with Crippen molar-refractivity contribution >= 4 is 0 Å². The Morgan fingerprint density at radius 3 is 2.86 bits per heavy atom. The van der Waals surface area contributed by atoms with E-state index in [0.717, 1.165) is 38.9 Å². The lowest BCUT2D eigenvalue weighted by Crippen LogP contribution is -2.41. The molecule has 3 atom stereocenters. The van der Waals surface area contributed by atoms with Gasteiger partial charge in [-0.1, -0.05) is 37.6 Å². The summed E-state index contributed by atoms with van der Waals surface area (Å²) in [5, 5.41) is 3.44. The second kappa shape index (κ2) is 8.52. The van der Waals surface area contributed by atoms with E-state index in [1.54, 1.807) is 0 Å². The molecule has 0 bridgehead atoms.